The van der Waals surface area contributed by atoms with Crippen LogP contribution in [0.3, 0.4) is 0 Å². The van der Waals surface area contributed by atoms with Gasteiger partial charge in [0, 0.05) is 5.71 Å². The van der Waals surface area contributed by atoms with E-state index in [1.165, 1.54) is 0 Å². The van der Waals surface area contributed by atoms with Crippen LogP contribution in [0.5, 0.6) is 0 Å². The van der Waals surface area contributed by atoms with Crippen molar-refractivity contribution in [2.24, 2.45) is 4.99 Å². The number of fused-ring (bicyclic) bond motifs is 1. The smallest absolute Gasteiger partial charge is 0.251 e. The van der Waals surface area contributed by atoms with Gasteiger partial charge in [0.15, 0.2) is 0 Å². The molecule has 0 N–H and O–H groups in total. The average Bonchev–Trinajstić information content (AvgIpc) is 2.58. The number of carbonyl (C=O) groups is 1. The van der Waals surface area contributed by atoms with E-state index in [4.69, 9.17) is 34.8 Å². The number of alkyl halides is 3. The van der Waals surface area contributed by atoms with Crippen LogP contribution in [0.15, 0.2) is 16.6 Å². The fraction of sp³-hybridized carbons (Fsp3) is 0.600. The summed E-state index contributed by atoms with van der Waals surface area (Å²) < 4.78 is -1.86. The summed E-state index contributed by atoms with van der Waals surface area (Å²) in [5.41, 5.74) is 2.18. The summed E-state index contributed by atoms with van der Waals surface area (Å²) in [6.07, 6.45) is 6.04. The standard InChI is InChI=1S/C10H10Cl3NO/c11-10(12,13)9(15)8-5-6-3-1-2-4-7(6)14-8/h5,8H,1-4H2/t8-/m0/s1. The molecule has 2 aliphatic rings. The van der Waals surface area contributed by atoms with Crippen molar-refractivity contribution < 1.29 is 4.79 Å². The molecule has 1 atom stereocenters. The minimum absolute atomic E-state index is 0.457. The van der Waals surface area contributed by atoms with Gasteiger partial charge in [-0.2, -0.15) is 0 Å². The Morgan fingerprint density at radius 1 is 1.33 bits per heavy atom. The molecule has 0 aromatic rings. The number of hydrogen-bond acceptors (Lipinski definition) is 2. The lowest BCUT2D eigenvalue weighted by Crippen LogP contribution is -2.28. The van der Waals surface area contributed by atoms with Crippen molar-refractivity contribution in [3.8, 4) is 0 Å². The summed E-state index contributed by atoms with van der Waals surface area (Å²) in [5, 5.41) is 0. The molecule has 0 aromatic heterocycles. The van der Waals surface area contributed by atoms with Crippen LogP contribution in [-0.4, -0.2) is 21.3 Å². The Bertz CT molecular complexity index is 332. The van der Waals surface area contributed by atoms with Gasteiger partial charge in [0.05, 0.1) is 0 Å². The van der Waals surface area contributed by atoms with Gasteiger partial charge < -0.3 is 0 Å². The molecular formula is C10H10Cl3NO. The molecule has 15 heavy (non-hydrogen) atoms. The lowest BCUT2D eigenvalue weighted by molar-refractivity contribution is -0.118. The number of allylic oxidation sites excluding steroid dienone is 1. The van der Waals surface area contributed by atoms with Crippen LogP contribution in [-0.2, 0) is 4.79 Å². The summed E-state index contributed by atoms with van der Waals surface area (Å²) in [6, 6.07) is -0.583. The average molecular weight is 267 g/mol. The quantitative estimate of drug-likeness (QED) is 0.670. The lowest BCUT2D eigenvalue weighted by atomic mass is 9.93. The van der Waals surface area contributed by atoms with Crippen molar-refractivity contribution in [3.63, 3.8) is 0 Å². The predicted molar refractivity (Wildman–Crippen MR) is 63.1 cm³/mol. The van der Waals surface area contributed by atoms with Crippen LogP contribution < -0.4 is 0 Å². The SMILES string of the molecule is O=C([C@@H]1C=C2CCCCC2=N1)C(Cl)(Cl)Cl. The van der Waals surface area contributed by atoms with Gasteiger partial charge >= 0.3 is 0 Å². The fourth-order valence-electron chi connectivity index (χ4n) is 1.94. The van der Waals surface area contributed by atoms with Crippen LogP contribution in [0.1, 0.15) is 25.7 Å². The van der Waals surface area contributed by atoms with Crippen LogP contribution in [0.25, 0.3) is 0 Å². The normalized spacial score (nSPS) is 25.7. The Morgan fingerprint density at radius 2 is 2.00 bits per heavy atom. The zero-order valence-electron chi connectivity index (χ0n) is 7.97. The van der Waals surface area contributed by atoms with Gasteiger partial charge in [-0.25, -0.2) is 0 Å². The van der Waals surface area contributed by atoms with Gasteiger partial charge in [-0.3, -0.25) is 9.79 Å². The number of Topliss-reactive ketones (excluding diaryl/α,β-unsaturated/α-hetero) is 1. The van der Waals surface area contributed by atoms with E-state index in [2.05, 4.69) is 4.99 Å². The highest BCUT2D eigenvalue weighted by Crippen LogP contribution is 2.33. The van der Waals surface area contributed by atoms with Gasteiger partial charge in [0.1, 0.15) is 6.04 Å². The number of nitrogens with zero attached hydrogens (tertiary/aromatic N) is 1. The third-order valence-electron chi connectivity index (χ3n) is 2.68. The summed E-state index contributed by atoms with van der Waals surface area (Å²) in [4.78, 5) is 16.0. The highest BCUT2D eigenvalue weighted by molar-refractivity contribution is 6.76. The Hall–Kier alpha value is -0.0500. The van der Waals surface area contributed by atoms with Crippen molar-refractivity contribution >= 4 is 46.3 Å². The van der Waals surface area contributed by atoms with Gasteiger partial charge in [-0.15, -0.1) is 0 Å². The maximum absolute atomic E-state index is 11.7. The van der Waals surface area contributed by atoms with Crippen molar-refractivity contribution in [3.05, 3.63) is 11.6 Å². The van der Waals surface area contributed by atoms with E-state index >= 15 is 0 Å². The number of rotatable bonds is 1. The highest BCUT2D eigenvalue weighted by Gasteiger charge is 2.38. The maximum Gasteiger partial charge on any atom is 0.251 e. The molecule has 2 rings (SSSR count). The molecule has 82 valence electrons. The zero-order chi connectivity index (χ0) is 11.1. The number of aliphatic imine (C=N–C) groups is 1. The van der Waals surface area contributed by atoms with Crippen molar-refractivity contribution in [1.29, 1.82) is 0 Å². The molecule has 1 heterocycles. The van der Waals surface area contributed by atoms with Crippen LogP contribution >= 0.6 is 34.8 Å². The van der Waals surface area contributed by atoms with Crippen LogP contribution in [0, 0.1) is 0 Å². The molecule has 0 aromatic carbocycles. The van der Waals surface area contributed by atoms with E-state index in [1.54, 1.807) is 0 Å². The molecule has 0 spiro atoms. The molecule has 0 unspecified atom stereocenters. The first-order valence-corrected chi connectivity index (χ1v) is 6.00. The lowest BCUT2D eigenvalue weighted by Gasteiger charge is -2.12. The largest absolute Gasteiger partial charge is 0.292 e. The molecule has 0 amide bonds. The van der Waals surface area contributed by atoms with Gasteiger partial charge in [0.25, 0.3) is 3.79 Å². The summed E-state index contributed by atoms with van der Waals surface area (Å²) in [6.45, 7) is 0. The minimum atomic E-state index is -1.86. The fourth-order valence-corrected chi connectivity index (χ4v) is 2.27. The number of halogens is 3. The van der Waals surface area contributed by atoms with Crippen LogP contribution in [0.4, 0.5) is 0 Å². The third-order valence-corrected chi connectivity index (χ3v) is 3.24. The van der Waals surface area contributed by atoms with Gasteiger partial charge in [-0.05, 0) is 37.3 Å². The molecule has 0 saturated heterocycles. The van der Waals surface area contributed by atoms with E-state index in [9.17, 15) is 4.79 Å². The minimum Gasteiger partial charge on any atom is -0.292 e. The molecule has 0 radical (unpaired) electrons. The topological polar surface area (TPSA) is 29.4 Å². The zero-order valence-corrected chi connectivity index (χ0v) is 10.2. The maximum atomic E-state index is 11.7. The highest BCUT2D eigenvalue weighted by atomic mass is 35.6. The van der Waals surface area contributed by atoms with Crippen molar-refractivity contribution in [2.45, 2.75) is 35.5 Å². The summed E-state index contributed by atoms with van der Waals surface area (Å²) in [7, 11) is 0. The van der Waals surface area contributed by atoms with E-state index in [0.717, 1.165) is 37.0 Å². The van der Waals surface area contributed by atoms with E-state index in [-0.39, 0.29) is 0 Å². The monoisotopic (exact) mass is 265 g/mol. The molecule has 1 saturated carbocycles. The molecule has 5 heteroatoms. The van der Waals surface area contributed by atoms with Crippen LogP contribution in [0.2, 0.25) is 0 Å². The van der Waals surface area contributed by atoms with E-state index in [0.29, 0.717) is 0 Å². The molecule has 0 bridgehead atoms. The third kappa shape index (κ3) is 2.38. The molecule has 1 aliphatic carbocycles. The number of ketones is 1. The number of hydrogen-bond donors (Lipinski definition) is 0. The Balaban J connectivity index is 2.18. The van der Waals surface area contributed by atoms with E-state index < -0.39 is 15.6 Å². The Morgan fingerprint density at radius 3 is 2.60 bits per heavy atom. The van der Waals surface area contributed by atoms with Crippen molar-refractivity contribution in [2.75, 3.05) is 0 Å². The number of carbonyl (C=O) groups excluding carboxylic acids is 1. The first-order chi connectivity index (χ1) is 6.98. The predicted octanol–water partition coefficient (Wildman–Crippen LogP) is 3.25. The second-order valence-corrected chi connectivity index (χ2v) is 6.06. The molecular weight excluding hydrogens is 256 g/mol. The first-order valence-electron chi connectivity index (χ1n) is 4.87. The second-order valence-electron chi connectivity index (χ2n) is 3.78. The first kappa shape index (κ1) is 11.4. The Labute approximate surface area is 103 Å². The van der Waals surface area contributed by atoms with Gasteiger partial charge in [0.2, 0.25) is 5.78 Å². The Kier molecular flexibility index (Phi) is 3.11. The second kappa shape index (κ2) is 4.08. The van der Waals surface area contributed by atoms with E-state index in [1.807, 2.05) is 6.08 Å². The van der Waals surface area contributed by atoms with Crippen molar-refractivity contribution in [1.82, 2.24) is 0 Å². The summed E-state index contributed by atoms with van der Waals surface area (Å²) in [5.74, 6) is -0.457. The molecule has 1 aliphatic heterocycles. The molecule has 2 nitrogen and oxygen atoms in total. The summed E-state index contributed by atoms with van der Waals surface area (Å²) >= 11 is 16.6. The van der Waals surface area contributed by atoms with Gasteiger partial charge in [-0.1, -0.05) is 34.8 Å². The molecule has 1 fully saturated rings.